The standard InChI is InChI=1S/C17H11F3/c18-17(19,20)14-10-13-8-4-5-9-15(16(13)11-14)12-6-2-1-3-7-12/h1-11H. The van der Waals surface area contributed by atoms with E-state index >= 15 is 0 Å². The molecule has 1 aromatic rings. The molecule has 0 saturated carbocycles. The Kier molecular flexibility index (Phi) is 2.97. The molecular formula is C17H11F3. The molecule has 100 valence electrons. The zero-order valence-electron chi connectivity index (χ0n) is 10.5. The molecule has 20 heavy (non-hydrogen) atoms. The number of halogens is 3. The summed E-state index contributed by atoms with van der Waals surface area (Å²) in [5.74, 6) is 0. The van der Waals surface area contributed by atoms with Crippen molar-refractivity contribution in [1.82, 2.24) is 0 Å². The largest absolute Gasteiger partial charge is 0.416 e. The summed E-state index contributed by atoms with van der Waals surface area (Å²) in [6.07, 6.45) is -4.31. The zero-order chi connectivity index (χ0) is 14.2. The molecule has 0 amide bonds. The highest BCUT2D eigenvalue weighted by molar-refractivity contribution is 5.85. The molecule has 0 spiro atoms. The van der Waals surface area contributed by atoms with Crippen molar-refractivity contribution in [3.63, 3.8) is 0 Å². The molecule has 3 rings (SSSR count). The van der Waals surface area contributed by atoms with Crippen molar-refractivity contribution in [2.75, 3.05) is 0 Å². The van der Waals surface area contributed by atoms with E-state index in [-0.39, 0.29) is 0 Å². The average molecular weight is 272 g/mol. The quantitative estimate of drug-likeness (QED) is 0.550. The molecule has 0 bridgehead atoms. The van der Waals surface area contributed by atoms with Crippen LogP contribution in [0, 0.1) is 0 Å². The summed E-state index contributed by atoms with van der Waals surface area (Å²) in [5.41, 5.74) is 2.33. The molecule has 0 radical (unpaired) electrons. The second-order valence-electron chi connectivity index (χ2n) is 4.61. The van der Waals surface area contributed by atoms with Crippen molar-refractivity contribution in [3.8, 4) is 22.3 Å². The predicted octanol–water partition coefficient (Wildman–Crippen LogP) is 5.48. The summed E-state index contributed by atoms with van der Waals surface area (Å²) in [6.45, 7) is 0. The smallest absolute Gasteiger partial charge is 0.166 e. The van der Waals surface area contributed by atoms with Crippen LogP contribution in [0.5, 0.6) is 0 Å². The van der Waals surface area contributed by atoms with Gasteiger partial charge in [-0.3, -0.25) is 0 Å². The Labute approximate surface area is 114 Å². The van der Waals surface area contributed by atoms with Gasteiger partial charge in [0.05, 0.1) is 5.56 Å². The van der Waals surface area contributed by atoms with Crippen molar-refractivity contribution in [2.24, 2.45) is 0 Å². The van der Waals surface area contributed by atoms with E-state index in [9.17, 15) is 13.2 Å². The van der Waals surface area contributed by atoms with Gasteiger partial charge in [0.25, 0.3) is 0 Å². The van der Waals surface area contributed by atoms with E-state index in [2.05, 4.69) is 0 Å². The molecule has 0 nitrogen and oxygen atoms in total. The van der Waals surface area contributed by atoms with Crippen LogP contribution in [0.1, 0.15) is 5.56 Å². The topological polar surface area (TPSA) is 0 Å². The molecule has 2 aliphatic rings. The van der Waals surface area contributed by atoms with E-state index in [1.54, 1.807) is 12.1 Å². The van der Waals surface area contributed by atoms with Crippen LogP contribution in [0.4, 0.5) is 13.2 Å². The van der Waals surface area contributed by atoms with Gasteiger partial charge in [-0.1, -0.05) is 54.6 Å². The minimum Gasteiger partial charge on any atom is -0.166 e. The zero-order valence-corrected chi connectivity index (χ0v) is 10.5. The van der Waals surface area contributed by atoms with Gasteiger partial charge in [-0.05, 0) is 34.4 Å². The lowest BCUT2D eigenvalue weighted by Gasteiger charge is -2.04. The van der Waals surface area contributed by atoms with E-state index in [4.69, 9.17) is 0 Å². The third-order valence-corrected chi connectivity index (χ3v) is 3.27. The Morgan fingerprint density at radius 3 is 1.90 bits per heavy atom. The summed E-state index contributed by atoms with van der Waals surface area (Å²) in [4.78, 5) is 0. The van der Waals surface area contributed by atoms with Gasteiger partial charge in [0, 0.05) is 0 Å². The lowest BCUT2D eigenvalue weighted by molar-refractivity contribution is -0.137. The van der Waals surface area contributed by atoms with Crippen LogP contribution >= 0.6 is 0 Å². The molecule has 0 unspecified atom stereocenters. The fourth-order valence-corrected chi connectivity index (χ4v) is 2.33. The number of hydrogen-bond acceptors (Lipinski definition) is 0. The fourth-order valence-electron chi connectivity index (χ4n) is 2.33. The summed E-state index contributed by atoms with van der Waals surface area (Å²) in [5, 5.41) is 0. The maximum absolute atomic E-state index is 12.9. The molecule has 2 aliphatic carbocycles. The van der Waals surface area contributed by atoms with Crippen molar-refractivity contribution < 1.29 is 13.2 Å². The van der Waals surface area contributed by atoms with E-state index in [1.165, 1.54) is 12.1 Å². The van der Waals surface area contributed by atoms with Gasteiger partial charge in [0.1, 0.15) is 0 Å². The molecule has 0 saturated heterocycles. The maximum atomic E-state index is 12.9. The molecule has 0 N–H and O–H groups in total. The van der Waals surface area contributed by atoms with Crippen molar-refractivity contribution >= 4 is 0 Å². The van der Waals surface area contributed by atoms with Crippen molar-refractivity contribution in [3.05, 3.63) is 72.3 Å². The van der Waals surface area contributed by atoms with Crippen LogP contribution < -0.4 is 0 Å². The number of hydrogen-bond donors (Lipinski definition) is 0. The first-order valence-corrected chi connectivity index (χ1v) is 6.21. The highest BCUT2D eigenvalue weighted by Gasteiger charge is 2.32. The minimum absolute atomic E-state index is 0.598. The van der Waals surface area contributed by atoms with Crippen LogP contribution in [0.2, 0.25) is 0 Å². The molecule has 0 aliphatic heterocycles. The van der Waals surface area contributed by atoms with E-state index in [0.717, 1.165) is 11.1 Å². The van der Waals surface area contributed by atoms with Gasteiger partial charge in [0.2, 0.25) is 0 Å². The van der Waals surface area contributed by atoms with Gasteiger partial charge < -0.3 is 0 Å². The van der Waals surface area contributed by atoms with Crippen LogP contribution in [-0.4, -0.2) is 0 Å². The Morgan fingerprint density at radius 2 is 1.20 bits per heavy atom. The monoisotopic (exact) mass is 272 g/mol. The van der Waals surface area contributed by atoms with Gasteiger partial charge in [-0.25, -0.2) is 0 Å². The summed E-state index contributed by atoms with van der Waals surface area (Å²) in [6, 6.07) is 19.0. The SMILES string of the molecule is FC(F)(F)c1cc2ccccc(-c3ccccc3)c-2c1. The average Bonchev–Trinajstić information content (AvgIpc) is 2.75. The Morgan fingerprint density at radius 1 is 0.600 bits per heavy atom. The lowest BCUT2D eigenvalue weighted by atomic mass is 10.0. The molecule has 3 heteroatoms. The summed E-state index contributed by atoms with van der Waals surface area (Å²) in [7, 11) is 0. The second-order valence-corrected chi connectivity index (χ2v) is 4.61. The molecule has 0 atom stereocenters. The summed E-state index contributed by atoms with van der Waals surface area (Å²) >= 11 is 0. The number of benzene rings is 1. The number of fused-ring (bicyclic) bond motifs is 1. The lowest BCUT2D eigenvalue weighted by Crippen LogP contribution is -2.01. The molecule has 0 fully saturated rings. The van der Waals surface area contributed by atoms with Gasteiger partial charge >= 0.3 is 6.18 Å². The molecular weight excluding hydrogens is 261 g/mol. The Bertz CT molecular complexity index is 699. The van der Waals surface area contributed by atoms with Gasteiger partial charge in [-0.2, -0.15) is 13.2 Å². The Hall–Kier alpha value is -2.29. The fraction of sp³-hybridized carbons (Fsp3) is 0.0588. The predicted molar refractivity (Wildman–Crippen MR) is 73.5 cm³/mol. The third kappa shape index (κ3) is 2.27. The summed E-state index contributed by atoms with van der Waals surface area (Å²) < 4.78 is 38.6. The van der Waals surface area contributed by atoms with E-state index in [1.807, 2.05) is 42.5 Å². The first kappa shape index (κ1) is 12.7. The van der Waals surface area contributed by atoms with Crippen LogP contribution in [0.3, 0.4) is 0 Å². The highest BCUT2D eigenvalue weighted by atomic mass is 19.4. The van der Waals surface area contributed by atoms with E-state index < -0.39 is 11.7 Å². The Balaban J connectivity index is 2.25. The van der Waals surface area contributed by atoms with Gasteiger partial charge in [-0.15, -0.1) is 0 Å². The minimum atomic E-state index is -4.31. The molecule has 1 aromatic carbocycles. The maximum Gasteiger partial charge on any atom is 0.416 e. The number of alkyl halides is 3. The molecule has 0 aromatic heterocycles. The third-order valence-electron chi connectivity index (χ3n) is 3.27. The van der Waals surface area contributed by atoms with Gasteiger partial charge in [0.15, 0.2) is 0 Å². The first-order chi connectivity index (χ1) is 9.55. The van der Waals surface area contributed by atoms with E-state index in [0.29, 0.717) is 11.1 Å². The van der Waals surface area contributed by atoms with Crippen molar-refractivity contribution in [2.45, 2.75) is 6.18 Å². The normalized spacial score (nSPS) is 11.8. The van der Waals surface area contributed by atoms with Crippen LogP contribution in [0.15, 0.2) is 66.7 Å². The highest BCUT2D eigenvalue weighted by Crippen LogP contribution is 2.40. The second kappa shape index (κ2) is 4.67. The van der Waals surface area contributed by atoms with Crippen LogP contribution in [0.25, 0.3) is 22.3 Å². The van der Waals surface area contributed by atoms with Crippen molar-refractivity contribution in [1.29, 1.82) is 0 Å². The first-order valence-electron chi connectivity index (χ1n) is 6.21. The van der Waals surface area contributed by atoms with Crippen LogP contribution in [-0.2, 0) is 6.18 Å². The number of rotatable bonds is 1. The molecule has 0 heterocycles.